The monoisotopic (exact) mass is 307 g/mol. The smallest absolute Gasteiger partial charge is 0.325 e. The van der Waals surface area contributed by atoms with Crippen LogP contribution in [0.15, 0.2) is 18.2 Å². The van der Waals surface area contributed by atoms with Crippen LogP contribution in [0, 0.1) is 0 Å². The maximum Gasteiger partial charge on any atom is 0.325 e. The van der Waals surface area contributed by atoms with Gasteiger partial charge in [-0.3, -0.25) is 9.59 Å². The number of thiazole rings is 1. The Labute approximate surface area is 126 Å². The van der Waals surface area contributed by atoms with Crippen LogP contribution >= 0.6 is 11.3 Å². The van der Waals surface area contributed by atoms with Gasteiger partial charge in [0.15, 0.2) is 5.13 Å². The molecule has 0 saturated heterocycles. The van der Waals surface area contributed by atoms with Crippen molar-refractivity contribution in [3.05, 3.63) is 23.8 Å². The Kier molecular flexibility index (Phi) is 4.74. The molecule has 0 spiro atoms. The maximum absolute atomic E-state index is 12.5. The van der Waals surface area contributed by atoms with Crippen LogP contribution < -0.4 is 5.73 Å². The lowest BCUT2D eigenvalue weighted by Crippen LogP contribution is -2.36. The van der Waals surface area contributed by atoms with Gasteiger partial charge in [0, 0.05) is 12.1 Å². The topological polar surface area (TPSA) is 85.5 Å². The predicted molar refractivity (Wildman–Crippen MR) is 82.2 cm³/mol. The molecule has 0 atom stereocenters. The number of aromatic nitrogens is 1. The predicted octanol–water partition coefficient (Wildman–Crippen LogP) is 1.90. The highest BCUT2D eigenvalue weighted by Crippen LogP contribution is 2.25. The molecule has 0 bridgehead atoms. The number of benzene rings is 1. The molecular weight excluding hydrogens is 290 g/mol. The van der Waals surface area contributed by atoms with E-state index in [4.69, 9.17) is 5.73 Å². The van der Waals surface area contributed by atoms with Gasteiger partial charge in [0.25, 0.3) is 5.91 Å². The van der Waals surface area contributed by atoms with Gasteiger partial charge in [-0.1, -0.05) is 18.3 Å². The molecule has 21 heavy (non-hydrogen) atoms. The summed E-state index contributed by atoms with van der Waals surface area (Å²) in [4.78, 5) is 29.6. The number of amides is 1. The highest BCUT2D eigenvalue weighted by molar-refractivity contribution is 7.22. The molecule has 1 amide bonds. The molecule has 7 heteroatoms. The Hall–Kier alpha value is -2.15. The van der Waals surface area contributed by atoms with Crippen molar-refractivity contribution in [2.24, 2.45) is 0 Å². The van der Waals surface area contributed by atoms with Crippen molar-refractivity contribution in [3.8, 4) is 0 Å². The summed E-state index contributed by atoms with van der Waals surface area (Å²) in [5.41, 5.74) is 6.94. The Morgan fingerprint density at radius 2 is 2.19 bits per heavy atom. The van der Waals surface area contributed by atoms with Crippen molar-refractivity contribution < 1.29 is 14.3 Å². The van der Waals surface area contributed by atoms with E-state index in [1.54, 1.807) is 18.2 Å². The number of carbonyl (C=O) groups excluding carboxylic acids is 2. The quantitative estimate of drug-likeness (QED) is 0.853. The Bertz CT molecular complexity index is 669. The standard InChI is InChI=1S/C14H17N3O3S/c1-3-6-17(8-12(18)20-2)13(19)9-4-5-10-11(7-9)21-14(15)16-10/h4-5,7H,3,6,8H2,1-2H3,(H2,15,16). The summed E-state index contributed by atoms with van der Waals surface area (Å²) in [6.07, 6.45) is 0.762. The van der Waals surface area contributed by atoms with Crippen molar-refractivity contribution in [2.75, 3.05) is 25.9 Å². The normalized spacial score (nSPS) is 10.6. The minimum absolute atomic E-state index is 0.0496. The van der Waals surface area contributed by atoms with Crippen LogP contribution in [0.1, 0.15) is 23.7 Å². The lowest BCUT2D eigenvalue weighted by molar-refractivity contribution is -0.141. The molecule has 0 saturated carbocycles. The number of esters is 1. The van der Waals surface area contributed by atoms with Gasteiger partial charge >= 0.3 is 5.97 Å². The van der Waals surface area contributed by atoms with Gasteiger partial charge in [-0.15, -0.1) is 0 Å². The Balaban J connectivity index is 2.26. The summed E-state index contributed by atoms with van der Waals surface area (Å²) in [6, 6.07) is 5.22. The molecule has 0 radical (unpaired) electrons. The molecule has 0 fully saturated rings. The fraction of sp³-hybridized carbons (Fsp3) is 0.357. The first-order valence-electron chi connectivity index (χ1n) is 6.57. The van der Waals surface area contributed by atoms with Crippen LogP contribution in [-0.4, -0.2) is 42.0 Å². The van der Waals surface area contributed by atoms with Crippen molar-refractivity contribution in [1.29, 1.82) is 0 Å². The number of carbonyl (C=O) groups is 2. The van der Waals surface area contributed by atoms with Crippen molar-refractivity contribution in [3.63, 3.8) is 0 Å². The first-order valence-corrected chi connectivity index (χ1v) is 7.39. The molecule has 2 N–H and O–H groups in total. The van der Waals surface area contributed by atoms with Crippen LogP contribution in [0.2, 0.25) is 0 Å². The molecule has 0 aliphatic rings. The zero-order chi connectivity index (χ0) is 15.4. The van der Waals surface area contributed by atoms with Crippen LogP contribution in [0.3, 0.4) is 0 Å². The van der Waals surface area contributed by atoms with Gasteiger partial charge < -0.3 is 15.4 Å². The Morgan fingerprint density at radius 3 is 2.86 bits per heavy atom. The summed E-state index contributed by atoms with van der Waals surface area (Å²) in [5, 5.41) is 0.467. The third-order valence-corrected chi connectivity index (χ3v) is 3.83. The van der Waals surface area contributed by atoms with Gasteiger partial charge in [0.05, 0.1) is 17.3 Å². The van der Waals surface area contributed by atoms with Gasteiger partial charge in [0.1, 0.15) is 6.54 Å². The van der Waals surface area contributed by atoms with Gasteiger partial charge in [0.2, 0.25) is 0 Å². The summed E-state index contributed by atoms with van der Waals surface area (Å²) in [7, 11) is 1.31. The molecule has 2 aromatic rings. The SMILES string of the molecule is CCCN(CC(=O)OC)C(=O)c1ccc2nc(N)sc2c1. The van der Waals surface area contributed by atoms with Crippen molar-refractivity contribution in [2.45, 2.75) is 13.3 Å². The third-order valence-electron chi connectivity index (χ3n) is 2.98. The van der Waals surface area contributed by atoms with E-state index in [0.29, 0.717) is 17.2 Å². The van der Waals surface area contributed by atoms with E-state index >= 15 is 0 Å². The second kappa shape index (κ2) is 6.53. The first kappa shape index (κ1) is 15.2. The molecule has 1 aromatic carbocycles. The second-order valence-electron chi connectivity index (χ2n) is 4.54. The van der Waals surface area contributed by atoms with E-state index in [1.807, 2.05) is 6.92 Å². The lowest BCUT2D eigenvalue weighted by atomic mass is 10.2. The summed E-state index contributed by atoms with van der Waals surface area (Å²) >= 11 is 1.33. The zero-order valence-corrected chi connectivity index (χ0v) is 12.8. The summed E-state index contributed by atoms with van der Waals surface area (Å²) in [5.74, 6) is -0.629. The minimum Gasteiger partial charge on any atom is -0.468 e. The zero-order valence-electron chi connectivity index (χ0n) is 12.0. The fourth-order valence-corrected chi connectivity index (χ4v) is 2.77. The van der Waals surface area contributed by atoms with E-state index < -0.39 is 5.97 Å². The lowest BCUT2D eigenvalue weighted by Gasteiger charge is -2.20. The third kappa shape index (κ3) is 3.49. The molecular formula is C14H17N3O3S. The number of nitrogens with zero attached hydrogens (tertiary/aromatic N) is 2. The number of ether oxygens (including phenoxy) is 1. The number of methoxy groups -OCH3 is 1. The molecule has 112 valence electrons. The number of hydrogen-bond acceptors (Lipinski definition) is 6. The van der Waals surface area contributed by atoms with Gasteiger partial charge in [-0.05, 0) is 24.6 Å². The number of rotatable bonds is 5. The number of nitrogen functional groups attached to an aromatic ring is 1. The van der Waals surface area contributed by atoms with Gasteiger partial charge in [-0.2, -0.15) is 0 Å². The maximum atomic E-state index is 12.5. The molecule has 1 aromatic heterocycles. The largest absolute Gasteiger partial charge is 0.468 e. The highest BCUT2D eigenvalue weighted by Gasteiger charge is 2.19. The van der Waals surface area contributed by atoms with E-state index in [1.165, 1.54) is 23.3 Å². The van der Waals surface area contributed by atoms with Crippen LogP contribution in [0.4, 0.5) is 5.13 Å². The molecule has 6 nitrogen and oxygen atoms in total. The highest BCUT2D eigenvalue weighted by atomic mass is 32.1. The molecule has 2 rings (SSSR count). The van der Waals surface area contributed by atoms with E-state index in [0.717, 1.165) is 16.6 Å². The minimum atomic E-state index is -0.431. The Morgan fingerprint density at radius 1 is 1.43 bits per heavy atom. The van der Waals surface area contributed by atoms with E-state index in [2.05, 4.69) is 9.72 Å². The fourth-order valence-electron chi connectivity index (χ4n) is 2.00. The first-order chi connectivity index (χ1) is 10.0. The molecule has 0 aliphatic heterocycles. The average Bonchev–Trinajstić information content (AvgIpc) is 2.84. The molecule has 0 unspecified atom stereocenters. The van der Waals surface area contributed by atoms with E-state index in [-0.39, 0.29) is 12.5 Å². The van der Waals surface area contributed by atoms with Crippen LogP contribution in [0.5, 0.6) is 0 Å². The molecule has 0 aliphatic carbocycles. The second-order valence-corrected chi connectivity index (χ2v) is 5.60. The van der Waals surface area contributed by atoms with E-state index in [9.17, 15) is 9.59 Å². The van der Waals surface area contributed by atoms with Crippen LogP contribution in [0.25, 0.3) is 10.2 Å². The number of anilines is 1. The number of nitrogens with two attached hydrogens (primary N) is 1. The summed E-state index contributed by atoms with van der Waals surface area (Å²) in [6.45, 7) is 2.40. The van der Waals surface area contributed by atoms with Crippen LogP contribution in [-0.2, 0) is 9.53 Å². The van der Waals surface area contributed by atoms with Crippen molar-refractivity contribution >= 4 is 38.6 Å². The van der Waals surface area contributed by atoms with Crippen molar-refractivity contribution in [1.82, 2.24) is 9.88 Å². The summed E-state index contributed by atoms with van der Waals surface area (Å²) < 4.78 is 5.48. The molecule has 1 heterocycles. The average molecular weight is 307 g/mol. The number of fused-ring (bicyclic) bond motifs is 1. The number of hydrogen-bond donors (Lipinski definition) is 1. The van der Waals surface area contributed by atoms with Gasteiger partial charge in [-0.25, -0.2) is 4.98 Å².